The topological polar surface area (TPSA) is 50.2 Å². The minimum atomic E-state index is 0.289. The Morgan fingerprint density at radius 2 is 1.83 bits per heavy atom. The molecule has 0 bridgehead atoms. The van der Waals surface area contributed by atoms with Crippen molar-refractivity contribution in [2.45, 2.75) is 33.6 Å². The van der Waals surface area contributed by atoms with Crippen LogP contribution in [0.4, 0.5) is 0 Å². The van der Waals surface area contributed by atoms with Crippen molar-refractivity contribution in [1.29, 1.82) is 5.41 Å². The molecule has 0 saturated carbocycles. The molecule has 0 amide bonds. The van der Waals surface area contributed by atoms with Crippen molar-refractivity contribution >= 4 is 18.1 Å². The highest BCUT2D eigenvalue weighted by molar-refractivity contribution is 5.75. The number of carbonyl (C=O) groups excluding carboxylic acids is 1. The number of methoxy groups -OCH3 is 1. The van der Waals surface area contributed by atoms with Crippen molar-refractivity contribution in [1.82, 2.24) is 0 Å². The molecule has 0 heterocycles. The molecule has 0 atom stereocenters. The molecule has 3 nitrogen and oxygen atoms in total. The Morgan fingerprint density at radius 3 is 2.26 bits per heavy atom. The van der Waals surface area contributed by atoms with Crippen LogP contribution in [-0.4, -0.2) is 19.1 Å². The van der Waals surface area contributed by atoms with Gasteiger partial charge in [0.15, 0.2) is 0 Å². The van der Waals surface area contributed by atoms with Gasteiger partial charge in [-0.25, -0.2) is 0 Å². The number of allylic oxidation sites excluding steroid dienone is 5. The fraction of sp³-hybridized carbons (Fsp3) is 0.300. The molecule has 0 fully saturated rings. The molecule has 0 saturated heterocycles. The molecule has 0 spiro atoms. The van der Waals surface area contributed by atoms with Crippen LogP contribution in [0.15, 0.2) is 54.1 Å². The fourth-order valence-corrected chi connectivity index (χ4v) is 1.61. The monoisotopic (exact) mass is 313 g/mol. The zero-order chi connectivity index (χ0) is 17.5. The molecule has 23 heavy (non-hydrogen) atoms. The lowest BCUT2D eigenvalue weighted by atomic mass is 10.1. The first-order valence-electron chi connectivity index (χ1n) is 7.69. The van der Waals surface area contributed by atoms with Crippen LogP contribution < -0.4 is 4.74 Å². The predicted molar refractivity (Wildman–Crippen MR) is 99.3 cm³/mol. The van der Waals surface area contributed by atoms with Crippen LogP contribution in [0.2, 0.25) is 0 Å². The Labute approximate surface area is 139 Å². The van der Waals surface area contributed by atoms with Crippen molar-refractivity contribution < 1.29 is 9.53 Å². The molecule has 0 aliphatic carbocycles. The van der Waals surface area contributed by atoms with E-state index in [9.17, 15) is 4.79 Å². The van der Waals surface area contributed by atoms with E-state index in [1.54, 1.807) is 20.1 Å². The first-order valence-corrected chi connectivity index (χ1v) is 7.69. The quantitative estimate of drug-likeness (QED) is 0.553. The van der Waals surface area contributed by atoms with E-state index in [-0.39, 0.29) is 5.78 Å². The lowest BCUT2D eigenvalue weighted by molar-refractivity contribution is -0.117. The summed E-state index contributed by atoms with van der Waals surface area (Å²) in [5.74, 6) is 1.15. The van der Waals surface area contributed by atoms with E-state index in [2.05, 4.69) is 0 Å². The van der Waals surface area contributed by atoms with Gasteiger partial charge in [0, 0.05) is 12.6 Å². The number of Topliss-reactive ketones (excluding diaryl/α,β-unsaturated/α-hetero) is 1. The molecule has 1 rings (SSSR count). The third kappa shape index (κ3) is 11.9. The lowest BCUT2D eigenvalue weighted by Gasteiger charge is -1.99. The first kappa shape index (κ1) is 20.6. The van der Waals surface area contributed by atoms with Gasteiger partial charge in [-0.05, 0) is 44.0 Å². The van der Waals surface area contributed by atoms with Crippen molar-refractivity contribution in [3.8, 4) is 5.75 Å². The van der Waals surface area contributed by atoms with Crippen LogP contribution in [-0.2, 0) is 4.79 Å². The molecule has 1 N–H and O–H groups in total. The summed E-state index contributed by atoms with van der Waals surface area (Å²) in [4.78, 5) is 10.0. The minimum absolute atomic E-state index is 0.289. The first-order chi connectivity index (χ1) is 11.0. The van der Waals surface area contributed by atoms with E-state index in [0.717, 1.165) is 29.7 Å². The van der Waals surface area contributed by atoms with E-state index in [0.29, 0.717) is 0 Å². The number of hydrogen-bond acceptors (Lipinski definition) is 3. The Kier molecular flexibility index (Phi) is 11.9. The Balaban J connectivity index is 0.000000688. The molecule has 1 aromatic carbocycles. The highest BCUT2D eigenvalue weighted by Crippen LogP contribution is 2.13. The summed E-state index contributed by atoms with van der Waals surface area (Å²) in [5.41, 5.74) is 2.27. The predicted octanol–water partition coefficient (Wildman–Crippen LogP) is 5.24. The van der Waals surface area contributed by atoms with E-state index >= 15 is 0 Å². The number of benzene rings is 1. The van der Waals surface area contributed by atoms with Crippen LogP contribution >= 0.6 is 0 Å². The molecule has 1 aromatic rings. The highest BCUT2D eigenvalue weighted by atomic mass is 16.5. The maximum atomic E-state index is 10.0. The summed E-state index contributed by atoms with van der Waals surface area (Å²) < 4.78 is 5.09. The average Bonchev–Trinajstić information content (AvgIpc) is 2.54. The number of ether oxygens (including phenoxy) is 1. The summed E-state index contributed by atoms with van der Waals surface area (Å²) in [6.45, 7) is 5.64. The molecule has 0 unspecified atom stereocenters. The van der Waals surface area contributed by atoms with Gasteiger partial charge in [-0.2, -0.15) is 0 Å². The normalized spacial score (nSPS) is 11.2. The Hall–Kier alpha value is -2.42. The number of rotatable bonds is 7. The number of hydrogen-bond donors (Lipinski definition) is 1. The fourth-order valence-electron chi connectivity index (χ4n) is 1.61. The van der Waals surface area contributed by atoms with Crippen LogP contribution in [0.25, 0.3) is 6.08 Å². The van der Waals surface area contributed by atoms with Crippen molar-refractivity contribution in [2.24, 2.45) is 0 Å². The van der Waals surface area contributed by atoms with E-state index in [1.807, 2.05) is 62.4 Å². The Morgan fingerprint density at radius 1 is 1.17 bits per heavy atom. The maximum absolute atomic E-state index is 10.0. The molecular formula is C20H27NO2. The summed E-state index contributed by atoms with van der Waals surface area (Å²) in [5, 5.41) is 6.85. The molecule has 0 aliphatic heterocycles. The Bertz CT molecular complexity index is 552. The molecule has 0 aromatic heterocycles. The third-order valence-electron chi connectivity index (χ3n) is 2.82. The molecular weight excluding hydrogens is 286 g/mol. The van der Waals surface area contributed by atoms with Gasteiger partial charge < -0.3 is 14.9 Å². The smallest absolute Gasteiger partial charge is 0.129 e. The van der Waals surface area contributed by atoms with E-state index < -0.39 is 0 Å². The van der Waals surface area contributed by atoms with Crippen LogP contribution in [0.1, 0.15) is 39.2 Å². The molecule has 0 aliphatic rings. The van der Waals surface area contributed by atoms with Crippen molar-refractivity contribution in [3.63, 3.8) is 0 Å². The van der Waals surface area contributed by atoms with E-state index in [1.165, 1.54) is 6.21 Å². The summed E-state index contributed by atoms with van der Waals surface area (Å²) in [6.07, 6.45) is 12.6. The largest absolute Gasteiger partial charge is 0.497 e. The van der Waals surface area contributed by atoms with Crippen molar-refractivity contribution in [2.75, 3.05) is 7.11 Å². The third-order valence-corrected chi connectivity index (χ3v) is 2.82. The van der Waals surface area contributed by atoms with Crippen molar-refractivity contribution in [3.05, 3.63) is 59.7 Å². The van der Waals surface area contributed by atoms with Gasteiger partial charge in [0.1, 0.15) is 11.5 Å². The van der Waals surface area contributed by atoms with Gasteiger partial charge in [-0.3, -0.25) is 0 Å². The summed E-state index contributed by atoms with van der Waals surface area (Å²) in [6, 6.07) is 7.90. The van der Waals surface area contributed by atoms with Crippen LogP contribution in [0.5, 0.6) is 5.75 Å². The van der Waals surface area contributed by atoms with Gasteiger partial charge in [-0.15, -0.1) is 0 Å². The number of carbonyl (C=O) groups is 1. The second-order valence-corrected chi connectivity index (χ2v) is 5.02. The maximum Gasteiger partial charge on any atom is 0.129 e. The zero-order valence-corrected chi connectivity index (χ0v) is 14.5. The highest BCUT2D eigenvalue weighted by Gasteiger charge is 1.89. The lowest BCUT2D eigenvalue weighted by Crippen LogP contribution is -1.84. The second kappa shape index (κ2) is 13.3. The van der Waals surface area contributed by atoms with Gasteiger partial charge in [-0.1, -0.05) is 48.9 Å². The van der Waals surface area contributed by atoms with Gasteiger partial charge in [0.25, 0.3) is 0 Å². The summed E-state index contributed by atoms with van der Waals surface area (Å²) >= 11 is 0. The molecule has 0 radical (unpaired) electrons. The van der Waals surface area contributed by atoms with Crippen LogP contribution in [0.3, 0.4) is 0 Å². The number of nitrogens with one attached hydrogen (secondary N) is 1. The van der Waals surface area contributed by atoms with Gasteiger partial charge in [0.05, 0.1) is 7.11 Å². The number of ketones is 1. The minimum Gasteiger partial charge on any atom is -0.497 e. The molecule has 124 valence electrons. The van der Waals surface area contributed by atoms with Crippen LogP contribution in [0, 0.1) is 5.41 Å². The summed E-state index contributed by atoms with van der Waals surface area (Å²) in [7, 11) is 1.66. The van der Waals surface area contributed by atoms with Gasteiger partial charge in [0.2, 0.25) is 0 Å². The standard InChI is InChI=1S/C15H17NO.C5H10O/c1-13(5-3-4-12-16)6-7-14-8-10-15(17-2)11-9-14;1-3-4-5(2)6/h3-12,16H,1-2H3;3-4H2,1-2H3/b4-3-,7-6+,13-5+,16-12?;. The average molecular weight is 313 g/mol. The van der Waals surface area contributed by atoms with E-state index in [4.69, 9.17) is 10.1 Å². The molecule has 3 heteroatoms. The van der Waals surface area contributed by atoms with Gasteiger partial charge >= 0.3 is 0 Å². The SMILES string of the molecule is CCCC(C)=O.COc1ccc(/C=C/C(C)=C/C=C\C=N)cc1. The zero-order valence-electron chi connectivity index (χ0n) is 14.5. The second-order valence-electron chi connectivity index (χ2n) is 5.02.